The van der Waals surface area contributed by atoms with Crippen molar-refractivity contribution in [3.63, 3.8) is 0 Å². The van der Waals surface area contributed by atoms with Crippen molar-refractivity contribution in [3.05, 3.63) is 47.0 Å². The first-order valence-corrected chi connectivity index (χ1v) is 12.0. The highest BCUT2D eigenvalue weighted by Gasteiger charge is 2.26. The Hall–Kier alpha value is -2.68. The summed E-state index contributed by atoms with van der Waals surface area (Å²) in [6.07, 6.45) is 0.839. The average molecular weight is 470 g/mol. The van der Waals surface area contributed by atoms with Crippen LogP contribution in [0.3, 0.4) is 0 Å². The molecular formula is C25H31N3O4S. The Balaban J connectivity index is 1.67. The van der Waals surface area contributed by atoms with Gasteiger partial charge in [0.25, 0.3) is 5.91 Å². The summed E-state index contributed by atoms with van der Waals surface area (Å²) in [6.45, 7) is 9.00. The van der Waals surface area contributed by atoms with Crippen molar-refractivity contribution in [1.82, 2.24) is 9.88 Å². The topological polar surface area (TPSA) is 64.1 Å². The van der Waals surface area contributed by atoms with Gasteiger partial charge in [-0.25, -0.2) is 4.98 Å². The maximum absolute atomic E-state index is 13.8. The molecule has 0 unspecified atom stereocenters. The van der Waals surface area contributed by atoms with Crippen molar-refractivity contribution >= 4 is 32.6 Å². The van der Waals surface area contributed by atoms with Crippen molar-refractivity contribution < 1.29 is 19.0 Å². The van der Waals surface area contributed by atoms with Crippen LogP contribution in [0.2, 0.25) is 0 Å². The molecule has 0 saturated carbocycles. The van der Waals surface area contributed by atoms with E-state index in [1.54, 1.807) is 42.6 Å². The van der Waals surface area contributed by atoms with Crippen LogP contribution in [0.25, 0.3) is 10.2 Å². The Morgan fingerprint density at radius 2 is 1.97 bits per heavy atom. The van der Waals surface area contributed by atoms with Crippen molar-refractivity contribution in [2.24, 2.45) is 0 Å². The summed E-state index contributed by atoms with van der Waals surface area (Å²) < 4.78 is 17.5. The van der Waals surface area contributed by atoms with E-state index < -0.39 is 0 Å². The molecule has 1 aromatic heterocycles. The zero-order valence-electron chi connectivity index (χ0n) is 19.7. The normalized spacial score (nSPS) is 14.4. The molecule has 1 saturated heterocycles. The predicted molar refractivity (Wildman–Crippen MR) is 132 cm³/mol. The number of nitrogens with zero attached hydrogens (tertiary/aromatic N) is 3. The molecule has 2 heterocycles. The van der Waals surface area contributed by atoms with Crippen molar-refractivity contribution in [2.45, 2.75) is 20.3 Å². The summed E-state index contributed by atoms with van der Waals surface area (Å²) in [5, 5.41) is 0.704. The van der Waals surface area contributed by atoms with E-state index in [1.165, 1.54) is 5.56 Å². The van der Waals surface area contributed by atoms with E-state index in [2.05, 4.69) is 30.9 Å². The number of aryl methyl sites for hydroxylation is 2. The molecule has 0 spiro atoms. The highest BCUT2D eigenvalue weighted by molar-refractivity contribution is 7.22. The number of anilines is 1. The van der Waals surface area contributed by atoms with Gasteiger partial charge in [0.05, 0.1) is 43.2 Å². The average Bonchev–Trinajstić information content (AvgIpc) is 3.25. The summed E-state index contributed by atoms with van der Waals surface area (Å²) in [5.41, 5.74) is 3.72. The molecule has 0 N–H and O–H groups in total. The molecule has 33 heavy (non-hydrogen) atoms. The highest BCUT2D eigenvalue weighted by Crippen LogP contribution is 2.36. The third-order valence-corrected chi connectivity index (χ3v) is 6.91. The van der Waals surface area contributed by atoms with Crippen LogP contribution in [0.4, 0.5) is 5.13 Å². The van der Waals surface area contributed by atoms with Crippen molar-refractivity contribution in [2.75, 3.05) is 58.5 Å². The SMILES string of the molecule is COc1cccc(C(=O)N(CCCN2CCOCC2)c2nc3c(C)cc(C)cc3s2)c1OC. The summed E-state index contributed by atoms with van der Waals surface area (Å²) >= 11 is 1.55. The Morgan fingerprint density at radius 3 is 2.70 bits per heavy atom. The smallest absolute Gasteiger partial charge is 0.263 e. The molecule has 4 rings (SSSR count). The van der Waals surface area contributed by atoms with Gasteiger partial charge < -0.3 is 14.2 Å². The molecule has 3 aromatic rings. The number of para-hydroxylation sites is 1. The molecule has 7 nitrogen and oxygen atoms in total. The van der Waals surface area contributed by atoms with Gasteiger partial charge in [-0.05, 0) is 49.6 Å². The number of morpholine rings is 1. The molecule has 1 aliphatic heterocycles. The number of rotatable bonds is 8. The van der Waals surface area contributed by atoms with Crippen LogP contribution in [0.1, 0.15) is 27.9 Å². The number of methoxy groups -OCH3 is 2. The fraction of sp³-hybridized carbons (Fsp3) is 0.440. The lowest BCUT2D eigenvalue weighted by atomic mass is 10.1. The predicted octanol–water partition coefficient (Wildman–Crippen LogP) is 4.30. The first-order valence-electron chi connectivity index (χ1n) is 11.2. The first kappa shape index (κ1) is 23.5. The van der Waals surface area contributed by atoms with Gasteiger partial charge in [0.1, 0.15) is 0 Å². The Morgan fingerprint density at radius 1 is 1.18 bits per heavy atom. The number of fused-ring (bicyclic) bond motifs is 1. The van der Waals surface area contributed by atoms with Crippen LogP contribution in [0.5, 0.6) is 11.5 Å². The second-order valence-electron chi connectivity index (χ2n) is 8.23. The largest absolute Gasteiger partial charge is 0.493 e. The highest BCUT2D eigenvalue weighted by atomic mass is 32.1. The van der Waals surface area contributed by atoms with Gasteiger partial charge in [-0.3, -0.25) is 14.6 Å². The number of benzene rings is 2. The Bertz CT molecular complexity index is 1120. The van der Waals surface area contributed by atoms with Gasteiger partial charge >= 0.3 is 0 Å². The van der Waals surface area contributed by atoms with Gasteiger partial charge in [0.15, 0.2) is 16.6 Å². The zero-order valence-corrected chi connectivity index (χ0v) is 20.5. The number of hydrogen-bond acceptors (Lipinski definition) is 7. The van der Waals surface area contributed by atoms with Crippen LogP contribution in [-0.4, -0.2) is 69.4 Å². The van der Waals surface area contributed by atoms with Crippen molar-refractivity contribution in [3.8, 4) is 11.5 Å². The molecule has 0 radical (unpaired) electrons. The van der Waals surface area contributed by atoms with Crippen LogP contribution in [-0.2, 0) is 4.74 Å². The molecule has 8 heteroatoms. The van der Waals surface area contributed by atoms with Crippen LogP contribution in [0.15, 0.2) is 30.3 Å². The number of amides is 1. The van der Waals surface area contributed by atoms with Gasteiger partial charge in [0, 0.05) is 26.2 Å². The maximum Gasteiger partial charge on any atom is 0.263 e. The lowest BCUT2D eigenvalue weighted by molar-refractivity contribution is 0.0376. The monoisotopic (exact) mass is 469 g/mol. The van der Waals surface area contributed by atoms with E-state index in [0.717, 1.165) is 55.0 Å². The Labute approximate surface area is 198 Å². The van der Waals surface area contributed by atoms with Gasteiger partial charge in [0.2, 0.25) is 0 Å². The minimum atomic E-state index is -0.138. The lowest BCUT2D eigenvalue weighted by Gasteiger charge is -2.28. The fourth-order valence-corrected chi connectivity index (χ4v) is 5.40. The van der Waals surface area contributed by atoms with Gasteiger partial charge in [-0.2, -0.15) is 0 Å². The molecule has 1 fully saturated rings. The second-order valence-corrected chi connectivity index (χ2v) is 9.24. The van der Waals surface area contributed by atoms with Crippen LogP contribution in [0, 0.1) is 13.8 Å². The summed E-state index contributed by atoms with van der Waals surface area (Å²) in [6, 6.07) is 9.64. The number of hydrogen-bond donors (Lipinski definition) is 0. The van der Waals surface area contributed by atoms with Gasteiger partial charge in [-0.1, -0.05) is 23.5 Å². The fourth-order valence-electron chi connectivity index (χ4n) is 4.24. The minimum absolute atomic E-state index is 0.138. The molecule has 2 aromatic carbocycles. The minimum Gasteiger partial charge on any atom is -0.493 e. The zero-order chi connectivity index (χ0) is 23.4. The molecular weight excluding hydrogens is 438 g/mol. The quantitative estimate of drug-likeness (QED) is 0.490. The first-order chi connectivity index (χ1) is 16.0. The molecule has 0 aliphatic carbocycles. The summed E-state index contributed by atoms with van der Waals surface area (Å²) in [7, 11) is 3.13. The molecule has 1 amide bonds. The van der Waals surface area contributed by atoms with E-state index in [9.17, 15) is 4.79 Å². The van der Waals surface area contributed by atoms with E-state index in [1.807, 2.05) is 6.07 Å². The number of thiazole rings is 1. The molecule has 0 atom stereocenters. The van der Waals surface area contributed by atoms with E-state index in [-0.39, 0.29) is 5.91 Å². The van der Waals surface area contributed by atoms with E-state index >= 15 is 0 Å². The number of aromatic nitrogens is 1. The summed E-state index contributed by atoms with van der Waals surface area (Å²) in [5.74, 6) is 0.838. The molecule has 176 valence electrons. The third kappa shape index (κ3) is 5.13. The number of carbonyl (C=O) groups excluding carboxylic acids is 1. The second kappa shape index (κ2) is 10.5. The number of ether oxygens (including phenoxy) is 3. The molecule has 1 aliphatic rings. The van der Waals surface area contributed by atoms with Crippen LogP contribution >= 0.6 is 11.3 Å². The lowest BCUT2D eigenvalue weighted by Crippen LogP contribution is -2.39. The molecule has 0 bridgehead atoms. The van der Waals surface area contributed by atoms with Gasteiger partial charge in [-0.15, -0.1) is 0 Å². The maximum atomic E-state index is 13.8. The van der Waals surface area contributed by atoms with E-state index in [4.69, 9.17) is 19.2 Å². The van der Waals surface area contributed by atoms with E-state index in [0.29, 0.717) is 28.7 Å². The summed E-state index contributed by atoms with van der Waals surface area (Å²) in [4.78, 5) is 22.9. The number of carbonyl (C=O) groups is 1. The Kier molecular flexibility index (Phi) is 7.47. The third-order valence-electron chi connectivity index (χ3n) is 5.89. The van der Waals surface area contributed by atoms with Crippen molar-refractivity contribution in [1.29, 1.82) is 0 Å². The standard InChI is InChI=1S/C25H31N3O4S/c1-17-15-18(2)22-21(16-17)33-25(26-22)28(10-6-9-27-11-13-32-14-12-27)24(29)19-7-5-8-20(30-3)23(19)31-4/h5,7-8,15-16H,6,9-14H2,1-4H3. The van der Waals surface area contributed by atoms with Crippen LogP contribution < -0.4 is 14.4 Å².